The van der Waals surface area contributed by atoms with Crippen molar-refractivity contribution in [2.24, 2.45) is 0 Å². The number of hydrogen-bond donors (Lipinski definition) is 0. The van der Waals surface area contributed by atoms with E-state index in [1.54, 1.807) is 6.07 Å². The predicted octanol–water partition coefficient (Wildman–Crippen LogP) is 4.26. The van der Waals surface area contributed by atoms with Crippen molar-refractivity contribution in [2.75, 3.05) is 32.7 Å². The van der Waals surface area contributed by atoms with Gasteiger partial charge in [0.05, 0.1) is 11.2 Å². The van der Waals surface area contributed by atoms with Gasteiger partial charge in [-0.2, -0.15) is 0 Å². The van der Waals surface area contributed by atoms with Crippen LogP contribution in [0.1, 0.15) is 38.2 Å². The van der Waals surface area contributed by atoms with E-state index in [0.717, 1.165) is 61.9 Å². The largest absolute Gasteiger partial charge is 0.326 e. The van der Waals surface area contributed by atoms with Crippen LogP contribution in [-0.4, -0.2) is 57.1 Å². The Labute approximate surface area is 172 Å². The SMILES string of the molecule is CCN1CCN(Cc2ccc(-c3cc(F)c4nc(C)n(C(C)C)c4c3)nc2)CC1. The Hall–Kier alpha value is -2.31. The van der Waals surface area contributed by atoms with Crippen molar-refractivity contribution in [3.63, 3.8) is 0 Å². The lowest BCUT2D eigenvalue weighted by atomic mass is 10.1. The molecule has 0 aliphatic carbocycles. The Balaban J connectivity index is 1.56. The summed E-state index contributed by atoms with van der Waals surface area (Å²) in [6, 6.07) is 7.89. The van der Waals surface area contributed by atoms with Gasteiger partial charge < -0.3 is 9.47 Å². The molecule has 3 aromatic rings. The van der Waals surface area contributed by atoms with E-state index in [4.69, 9.17) is 0 Å². The van der Waals surface area contributed by atoms with Gasteiger partial charge in [-0.1, -0.05) is 13.0 Å². The normalized spacial score (nSPS) is 16.2. The molecule has 0 amide bonds. The number of aryl methyl sites for hydroxylation is 1. The lowest BCUT2D eigenvalue weighted by molar-refractivity contribution is 0.132. The van der Waals surface area contributed by atoms with Gasteiger partial charge >= 0.3 is 0 Å². The van der Waals surface area contributed by atoms with Crippen molar-refractivity contribution in [2.45, 2.75) is 40.3 Å². The summed E-state index contributed by atoms with van der Waals surface area (Å²) in [4.78, 5) is 14.0. The molecular formula is C23H30FN5. The standard InChI is InChI=1S/C23H30FN5/c1-5-27-8-10-28(11-9-27)15-18-6-7-21(25-14-18)19-12-20(24)23-22(13-19)29(16(2)3)17(4)26-23/h6-7,12-14,16H,5,8-11,15H2,1-4H3. The van der Waals surface area contributed by atoms with Crippen LogP contribution in [-0.2, 0) is 6.54 Å². The molecule has 0 saturated carbocycles. The van der Waals surface area contributed by atoms with Crippen LogP contribution in [0.5, 0.6) is 0 Å². The molecule has 0 bridgehead atoms. The zero-order chi connectivity index (χ0) is 20.5. The molecule has 0 unspecified atom stereocenters. The predicted molar refractivity (Wildman–Crippen MR) is 115 cm³/mol. The summed E-state index contributed by atoms with van der Waals surface area (Å²) in [5, 5.41) is 0. The highest BCUT2D eigenvalue weighted by Crippen LogP contribution is 2.28. The molecule has 4 rings (SSSR count). The molecule has 29 heavy (non-hydrogen) atoms. The first kappa shape index (κ1) is 20.0. The number of piperazine rings is 1. The molecule has 154 valence electrons. The second-order valence-electron chi connectivity index (χ2n) is 8.21. The molecule has 0 atom stereocenters. The fraction of sp³-hybridized carbons (Fsp3) is 0.478. The zero-order valence-corrected chi connectivity index (χ0v) is 17.8. The third-order valence-electron chi connectivity index (χ3n) is 5.88. The van der Waals surface area contributed by atoms with Crippen LogP contribution < -0.4 is 0 Å². The summed E-state index contributed by atoms with van der Waals surface area (Å²) in [6.07, 6.45) is 1.93. The van der Waals surface area contributed by atoms with Gasteiger partial charge in [0.25, 0.3) is 0 Å². The van der Waals surface area contributed by atoms with Gasteiger partial charge in [0.2, 0.25) is 0 Å². The Kier molecular flexibility index (Phi) is 5.65. The molecule has 2 aromatic heterocycles. The minimum absolute atomic E-state index is 0.221. The minimum Gasteiger partial charge on any atom is -0.326 e. The average Bonchev–Trinajstić information content (AvgIpc) is 3.06. The highest BCUT2D eigenvalue weighted by atomic mass is 19.1. The maximum Gasteiger partial charge on any atom is 0.151 e. The molecular weight excluding hydrogens is 365 g/mol. The summed E-state index contributed by atoms with van der Waals surface area (Å²) in [5.41, 5.74) is 4.04. The van der Waals surface area contributed by atoms with E-state index in [0.29, 0.717) is 5.52 Å². The summed E-state index contributed by atoms with van der Waals surface area (Å²) in [7, 11) is 0. The molecule has 1 saturated heterocycles. The quantitative estimate of drug-likeness (QED) is 0.647. The van der Waals surface area contributed by atoms with E-state index in [1.807, 2.05) is 25.3 Å². The maximum absolute atomic E-state index is 14.7. The Morgan fingerprint density at radius 2 is 1.79 bits per heavy atom. The average molecular weight is 396 g/mol. The smallest absolute Gasteiger partial charge is 0.151 e. The molecule has 0 N–H and O–H groups in total. The van der Waals surface area contributed by atoms with Crippen molar-refractivity contribution in [3.8, 4) is 11.3 Å². The van der Waals surface area contributed by atoms with Crippen molar-refractivity contribution in [1.82, 2.24) is 24.3 Å². The first-order valence-corrected chi connectivity index (χ1v) is 10.5. The van der Waals surface area contributed by atoms with E-state index >= 15 is 0 Å². The van der Waals surface area contributed by atoms with Crippen LogP contribution in [0.2, 0.25) is 0 Å². The van der Waals surface area contributed by atoms with E-state index in [9.17, 15) is 4.39 Å². The Bertz CT molecular complexity index is 985. The van der Waals surface area contributed by atoms with Gasteiger partial charge in [0.1, 0.15) is 11.3 Å². The number of imidazole rings is 1. The number of pyridine rings is 1. The highest BCUT2D eigenvalue weighted by Gasteiger charge is 2.17. The van der Waals surface area contributed by atoms with Gasteiger partial charge in [0.15, 0.2) is 5.82 Å². The molecule has 1 aliphatic rings. The summed E-state index contributed by atoms with van der Waals surface area (Å²) in [6.45, 7) is 14.8. The first-order valence-electron chi connectivity index (χ1n) is 10.5. The molecule has 0 spiro atoms. The minimum atomic E-state index is -0.292. The van der Waals surface area contributed by atoms with Gasteiger partial charge in [-0.15, -0.1) is 0 Å². The molecule has 1 aromatic carbocycles. The lowest BCUT2D eigenvalue weighted by Crippen LogP contribution is -2.45. The van der Waals surface area contributed by atoms with Gasteiger partial charge in [0, 0.05) is 50.5 Å². The molecule has 1 aliphatic heterocycles. The number of halogens is 1. The molecule has 3 heterocycles. The number of hydrogen-bond acceptors (Lipinski definition) is 4. The van der Waals surface area contributed by atoms with E-state index in [1.165, 1.54) is 5.56 Å². The Morgan fingerprint density at radius 1 is 1.07 bits per heavy atom. The van der Waals surface area contributed by atoms with E-state index in [2.05, 4.69) is 51.2 Å². The van der Waals surface area contributed by atoms with Crippen LogP contribution in [0.15, 0.2) is 30.5 Å². The van der Waals surface area contributed by atoms with Gasteiger partial charge in [-0.05, 0) is 51.1 Å². The second kappa shape index (κ2) is 8.20. The fourth-order valence-electron chi connectivity index (χ4n) is 4.28. The number of nitrogens with zero attached hydrogens (tertiary/aromatic N) is 5. The summed E-state index contributed by atoms with van der Waals surface area (Å²) < 4.78 is 16.8. The van der Waals surface area contributed by atoms with Crippen LogP contribution >= 0.6 is 0 Å². The number of likely N-dealkylation sites (N-methyl/N-ethyl adjacent to an activating group) is 1. The van der Waals surface area contributed by atoms with Crippen LogP contribution in [0.3, 0.4) is 0 Å². The molecule has 5 nitrogen and oxygen atoms in total. The third-order valence-corrected chi connectivity index (χ3v) is 5.88. The molecule has 6 heteroatoms. The fourth-order valence-corrected chi connectivity index (χ4v) is 4.28. The number of fused-ring (bicyclic) bond motifs is 1. The van der Waals surface area contributed by atoms with Crippen LogP contribution in [0.25, 0.3) is 22.3 Å². The van der Waals surface area contributed by atoms with Crippen molar-refractivity contribution >= 4 is 11.0 Å². The number of aromatic nitrogens is 3. The molecule has 1 fully saturated rings. The van der Waals surface area contributed by atoms with Crippen molar-refractivity contribution in [3.05, 3.63) is 47.7 Å². The second-order valence-corrected chi connectivity index (χ2v) is 8.21. The van der Waals surface area contributed by atoms with E-state index in [-0.39, 0.29) is 11.9 Å². The number of rotatable bonds is 5. The first-order chi connectivity index (χ1) is 14.0. The van der Waals surface area contributed by atoms with Gasteiger partial charge in [-0.25, -0.2) is 9.37 Å². The summed E-state index contributed by atoms with van der Waals surface area (Å²) >= 11 is 0. The topological polar surface area (TPSA) is 37.2 Å². The van der Waals surface area contributed by atoms with Crippen molar-refractivity contribution < 1.29 is 4.39 Å². The summed E-state index contributed by atoms with van der Waals surface area (Å²) in [5.74, 6) is 0.539. The number of benzene rings is 1. The van der Waals surface area contributed by atoms with Crippen molar-refractivity contribution in [1.29, 1.82) is 0 Å². The monoisotopic (exact) mass is 395 g/mol. The lowest BCUT2D eigenvalue weighted by Gasteiger charge is -2.33. The van der Waals surface area contributed by atoms with Crippen LogP contribution in [0.4, 0.5) is 4.39 Å². The highest BCUT2D eigenvalue weighted by molar-refractivity contribution is 5.82. The Morgan fingerprint density at radius 3 is 2.41 bits per heavy atom. The third kappa shape index (κ3) is 4.05. The maximum atomic E-state index is 14.7. The van der Waals surface area contributed by atoms with Gasteiger partial charge in [-0.3, -0.25) is 9.88 Å². The zero-order valence-electron chi connectivity index (χ0n) is 17.8. The van der Waals surface area contributed by atoms with Crippen LogP contribution in [0, 0.1) is 12.7 Å². The van der Waals surface area contributed by atoms with E-state index < -0.39 is 0 Å². The molecule has 0 radical (unpaired) electrons.